The first-order valence-electron chi connectivity index (χ1n) is 5.62. The topological polar surface area (TPSA) is 43.4 Å². The lowest BCUT2D eigenvalue weighted by molar-refractivity contribution is -0.116. The molecule has 3 nitrogen and oxygen atoms in total. The summed E-state index contributed by atoms with van der Waals surface area (Å²) in [6.07, 6.45) is -2.85. The van der Waals surface area contributed by atoms with Crippen LogP contribution < -0.4 is 0 Å². The van der Waals surface area contributed by atoms with Crippen molar-refractivity contribution in [2.75, 3.05) is 6.61 Å². The van der Waals surface area contributed by atoms with Crippen LogP contribution in [-0.2, 0) is 9.53 Å². The summed E-state index contributed by atoms with van der Waals surface area (Å²) in [4.78, 5) is 23.1. The minimum Gasteiger partial charge on any atom is -0.462 e. The van der Waals surface area contributed by atoms with Crippen molar-refractivity contribution >= 4 is 23.4 Å². The van der Waals surface area contributed by atoms with E-state index in [9.17, 15) is 18.4 Å². The highest BCUT2D eigenvalue weighted by molar-refractivity contribution is 6.31. The molecular weight excluding hydrogens is 278 g/mol. The van der Waals surface area contributed by atoms with Gasteiger partial charge in [0, 0.05) is 5.56 Å². The first-order valence-corrected chi connectivity index (χ1v) is 6.06. The van der Waals surface area contributed by atoms with Crippen LogP contribution in [0.25, 0.3) is 0 Å². The van der Waals surface area contributed by atoms with Crippen LogP contribution in [0, 0.1) is 0 Å². The van der Waals surface area contributed by atoms with E-state index in [1.165, 1.54) is 19.1 Å². The molecule has 0 amide bonds. The highest BCUT2D eigenvalue weighted by Crippen LogP contribution is 2.32. The molecule has 0 aliphatic heterocycles. The van der Waals surface area contributed by atoms with Gasteiger partial charge in [-0.25, -0.2) is 13.6 Å². The summed E-state index contributed by atoms with van der Waals surface area (Å²) in [5, 5.41) is -1.15. The second kappa shape index (κ2) is 6.61. The largest absolute Gasteiger partial charge is 0.462 e. The number of hydrogen-bond donors (Lipinski definition) is 0. The molecule has 0 spiro atoms. The molecule has 0 fully saturated rings. The van der Waals surface area contributed by atoms with Crippen molar-refractivity contribution in [1.29, 1.82) is 0 Å². The first-order chi connectivity index (χ1) is 8.90. The van der Waals surface area contributed by atoms with Crippen LogP contribution in [0.2, 0.25) is 0 Å². The zero-order valence-electron chi connectivity index (χ0n) is 10.5. The molecule has 1 unspecified atom stereocenters. The number of benzene rings is 1. The van der Waals surface area contributed by atoms with Gasteiger partial charge < -0.3 is 4.74 Å². The van der Waals surface area contributed by atoms with Crippen LogP contribution in [0.4, 0.5) is 8.78 Å². The summed E-state index contributed by atoms with van der Waals surface area (Å²) >= 11 is 5.86. The van der Waals surface area contributed by atoms with E-state index in [-0.39, 0.29) is 17.7 Å². The number of esters is 1. The van der Waals surface area contributed by atoms with Gasteiger partial charge in [-0.2, -0.15) is 0 Å². The monoisotopic (exact) mass is 290 g/mol. The fourth-order valence-electron chi connectivity index (χ4n) is 1.64. The Hall–Kier alpha value is -1.49. The van der Waals surface area contributed by atoms with Gasteiger partial charge in [-0.05, 0) is 19.4 Å². The van der Waals surface area contributed by atoms with Crippen LogP contribution in [0.15, 0.2) is 18.2 Å². The molecule has 0 heterocycles. The lowest BCUT2D eigenvalue weighted by atomic mass is 9.97. The Morgan fingerprint density at radius 3 is 2.37 bits per heavy atom. The summed E-state index contributed by atoms with van der Waals surface area (Å²) in [6, 6.07) is 3.82. The molecule has 6 heteroatoms. The van der Waals surface area contributed by atoms with Gasteiger partial charge in [-0.1, -0.05) is 18.2 Å². The molecule has 1 rings (SSSR count). The van der Waals surface area contributed by atoms with Gasteiger partial charge in [0.1, 0.15) is 5.38 Å². The third-order valence-corrected chi connectivity index (χ3v) is 3.02. The maximum absolute atomic E-state index is 12.9. The van der Waals surface area contributed by atoms with E-state index in [1.807, 2.05) is 0 Å². The van der Waals surface area contributed by atoms with Gasteiger partial charge in [0.15, 0.2) is 5.78 Å². The fourth-order valence-corrected chi connectivity index (χ4v) is 1.82. The van der Waals surface area contributed by atoms with Gasteiger partial charge in [0.2, 0.25) is 0 Å². The van der Waals surface area contributed by atoms with E-state index in [0.717, 1.165) is 6.07 Å². The van der Waals surface area contributed by atoms with Crippen LogP contribution in [-0.4, -0.2) is 18.4 Å². The third-order valence-electron chi connectivity index (χ3n) is 2.47. The second-order valence-corrected chi connectivity index (χ2v) is 4.24. The molecule has 0 aromatic heterocycles. The molecule has 1 atom stereocenters. The normalized spacial score (nSPS) is 12.3. The van der Waals surface area contributed by atoms with E-state index in [0.29, 0.717) is 0 Å². The Balaban J connectivity index is 3.42. The Morgan fingerprint density at radius 1 is 1.32 bits per heavy atom. The van der Waals surface area contributed by atoms with Crippen molar-refractivity contribution in [1.82, 2.24) is 0 Å². The SMILES string of the molecule is CCOC(=O)c1c(C(F)F)cccc1C(Cl)C(C)=O. The number of alkyl halides is 3. The lowest BCUT2D eigenvalue weighted by Gasteiger charge is -2.15. The van der Waals surface area contributed by atoms with Crippen molar-refractivity contribution in [3.05, 3.63) is 34.9 Å². The lowest BCUT2D eigenvalue weighted by Crippen LogP contribution is -2.15. The molecule has 0 bridgehead atoms. The van der Waals surface area contributed by atoms with Gasteiger partial charge in [-0.15, -0.1) is 11.6 Å². The first kappa shape index (κ1) is 15.6. The van der Waals surface area contributed by atoms with Crippen molar-refractivity contribution < 1.29 is 23.1 Å². The summed E-state index contributed by atoms with van der Waals surface area (Å²) in [5.74, 6) is -1.33. The van der Waals surface area contributed by atoms with Gasteiger partial charge in [-0.3, -0.25) is 4.79 Å². The standard InChI is InChI=1S/C13H13ClF2O3/c1-3-19-13(18)10-8(11(14)7(2)17)5-4-6-9(10)12(15)16/h4-6,11-12H,3H2,1-2H3. The van der Waals surface area contributed by atoms with Crippen molar-refractivity contribution in [3.8, 4) is 0 Å². The third kappa shape index (κ3) is 3.50. The summed E-state index contributed by atoms with van der Waals surface area (Å²) in [5.41, 5.74) is -0.761. The smallest absolute Gasteiger partial charge is 0.338 e. The Morgan fingerprint density at radius 2 is 1.89 bits per heavy atom. The number of carbonyl (C=O) groups is 2. The predicted octanol–water partition coefficient (Wildman–Crippen LogP) is 3.67. The average molecular weight is 291 g/mol. The zero-order chi connectivity index (χ0) is 14.6. The number of carbonyl (C=O) groups excluding carboxylic acids is 2. The quantitative estimate of drug-likeness (QED) is 0.614. The molecule has 0 aliphatic rings. The number of ketones is 1. The highest BCUT2D eigenvalue weighted by Gasteiger charge is 2.27. The van der Waals surface area contributed by atoms with Crippen LogP contribution in [0.5, 0.6) is 0 Å². The van der Waals surface area contributed by atoms with Crippen molar-refractivity contribution in [2.45, 2.75) is 25.7 Å². The number of ether oxygens (including phenoxy) is 1. The molecule has 19 heavy (non-hydrogen) atoms. The van der Waals surface area contributed by atoms with Crippen LogP contribution >= 0.6 is 11.6 Å². The molecule has 104 valence electrons. The molecule has 1 aromatic carbocycles. The molecule has 0 saturated heterocycles. The predicted molar refractivity (Wildman–Crippen MR) is 66.6 cm³/mol. The van der Waals surface area contributed by atoms with E-state index in [4.69, 9.17) is 16.3 Å². The minimum absolute atomic E-state index is 0.0445. The number of Topliss-reactive ketones (excluding diaryl/α,β-unsaturated/α-hetero) is 1. The van der Waals surface area contributed by atoms with E-state index >= 15 is 0 Å². The summed E-state index contributed by atoms with van der Waals surface area (Å²) < 4.78 is 30.6. The molecule has 1 aromatic rings. The molecular formula is C13H13ClF2O3. The highest BCUT2D eigenvalue weighted by atomic mass is 35.5. The van der Waals surface area contributed by atoms with Gasteiger partial charge >= 0.3 is 5.97 Å². The minimum atomic E-state index is -2.85. The molecule has 0 radical (unpaired) electrons. The van der Waals surface area contributed by atoms with E-state index in [1.54, 1.807) is 6.92 Å². The summed E-state index contributed by atoms with van der Waals surface area (Å²) in [6.45, 7) is 2.83. The maximum Gasteiger partial charge on any atom is 0.338 e. The summed E-state index contributed by atoms with van der Waals surface area (Å²) in [7, 11) is 0. The fraction of sp³-hybridized carbons (Fsp3) is 0.385. The number of hydrogen-bond acceptors (Lipinski definition) is 3. The Labute approximate surface area is 114 Å². The average Bonchev–Trinajstić information content (AvgIpc) is 2.36. The number of rotatable bonds is 5. The number of halogens is 3. The molecule has 0 aliphatic carbocycles. The van der Waals surface area contributed by atoms with Gasteiger partial charge in [0.25, 0.3) is 6.43 Å². The molecule has 0 N–H and O–H groups in total. The van der Waals surface area contributed by atoms with Crippen molar-refractivity contribution in [3.63, 3.8) is 0 Å². The van der Waals surface area contributed by atoms with Gasteiger partial charge in [0.05, 0.1) is 12.2 Å². The van der Waals surface area contributed by atoms with E-state index in [2.05, 4.69) is 0 Å². The molecule has 0 saturated carbocycles. The van der Waals surface area contributed by atoms with E-state index < -0.39 is 29.1 Å². The Bertz CT molecular complexity index is 489. The second-order valence-electron chi connectivity index (χ2n) is 3.81. The Kier molecular flexibility index (Phi) is 5.42. The van der Waals surface area contributed by atoms with Crippen LogP contribution in [0.1, 0.15) is 47.1 Å². The maximum atomic E-state index is 12.9. The van der Waals surface area contributed by atoms with Crippen LogP contribution in [0.3, 0.4) is 0 Å². The van der Waals surface area contributed by atoms with Crippen molar-refractivity contribution in [2.24, 2.45) is 0 Å². The zero-order valence-corrected chi connectivity index (χ0v) is 11.2.